The van der Waals surface area contributed by atoms with Crippen LogP contribution in [-0.4, -0.2) is 10.6 Å². The summed E-state index contributed by atoms with van der Waals surface area (Å²) in [5.41, 5.74) is 11.4. The van der Waals surface area contributed by atoms with Crippen LogP contribution >= 0.6 is 0 Å². The van der Waals surface area contributed by atoms with Crippen LogP contribution < -0.4 is 11.1 Å². The summed E-state index contributed by atoms with van der Waals surface area (Å²) in [5, 5.41) is 13.1. The van der Waals surface area contributed by atoms with Crippen LogP contribution in [0.4, 0.5) is 5.82 Å². The SMILES string of the molecule is Cn1c(C#N)ccc1NC(Cc1cccc(-c2ccc(CN)cc2)c1)C1CCCCC1. The monoisotopic (exact) mass is 412 g/mol. The molecule has 0 aliphatic heterocycles. The highest BCUT2D eigenvalue weighted by Gasteiger charge is 2.25. The van der Waals surface area contributed by atoms with Crippen molar-refractivity contribution >= 4 is 5.82 Å². The molecule has 4 rings (SSSR count). The molecule has 0 saturated heterocycles. The molecule has 31 heavy (non-hydrogen) atoms. The zero-order valence-corrected chi connectivity index (χ0v) is 18.3. The quantitative estimate of drug-likeness (QED) is 0.529. The van der Waals surface area contributed by atoms with Gasteiger partial charge in [0.2, 0.25) is 0 Å². The Morgan fingerprint density at radius 3 is 2.45 bits per heavy atom. The molecule has 4 nitrogen and oxygen atoms in total. The molecule has 1 saturated carbocycles. The number of benzene rings is 2. The standard InChI is InChI=1S/C27H32N4/c1-31-25(19-29)14-15-27(31)30-26(23-7-3-2-4-8-23)17-21-6-5-9-24(16-21)22-12-10-20(18-28)11-13-22/h5-6,9-16,23,26,30H,2-4,7-8,17-18,28H2,1H3. The van der Waals surface area contributed by atoms with Crippen molar-refractivity contribution < 1.29 is 0 Å². The van der Waals surface area contributed by atoms with Gasteiger partial charge in [0, 0.05) is 19.6 Å². The number of anilines is 1. The lowest BCUT2D eigenvalue weighted by Crippen LogP contribution is -2.33. The van der Waals surface area contributed by atoms with Crippen molar-refractivity contribution in [2.45, 2.75) is 51.1 Å². The molecule has 1 aromatic heterocycles. The lowest BCUT2D eigenvalue weighted by Gasteiger charge is -2.32. The first-order chi connectivity index (χ1) is 15.2. The summed E-state index contributed by atoms with van der Waals surface area (Å²) in [7, 11) is 1.96. The fourth-order valence-corrected chi connectivity index (χ4v) is 4.80. The molecular weight excluding hydrogens is 380 g/mol. The molecule has 1 unspecified atom stereocenters. The molecule has 160 valence electrons. The lowest BCUT2D eigenvalue weighted by molar-refractivity contribution is 0.315. The van der Waals surface area contributed by atoms with Gasteiger partial charge in [-0.2, -0.15) is 5.26 Å². The maximum atomic E-state index is 9.32. The van der Waals surface area contributed by atoms with E-state index in [-0.39, 0.29) is 0 Å². The summed E-state index contributed by atoms with van der Waals surface area (Å²) in [6, 6.07) is 24.0. The van der Waals surface area contributed by atoms with Gasteiger partial charge in [0.15, 0.2) is 0 Å². The number of nitrogens with two attached hydrogens (primary N) is 1. The second kappa shape index (κ2) is 9.85. The van der Waals surface area contributed by atoms with Crippen LogP contribution in [-0.2, 0) is 20.0 Å². The van der Waals surface area contributed by atoms with E-state index >= 15 is 0 Å². The Morgan fingerprint density at radius 1 is 1.00 bits per heavy atom. The van der Waals surface area contributed by atoms with Gasteiger partial charge in [0.25, 0.3) is 0 Å². The Hall–Kier alpha value is -3.03. The van der Waals surface area contributed by atoms with E-state index in [9.17, 15) is 5.26 Å². The number of aromatic nitrogens is 1. The first kappa shape index (κ1) is 21.2. The van der Waals surface area contributed by atoms with Crippen LogP contribution in [0.15, 0.2) is 60.7 Å². The van der Waals surface area contributed by atoms with Crippen LogP contribution in [0, 0.1) is 17.2 Å². The molecule has 2 aromatic carbocycles. The van der Waals surface area contributed by atoms with Crippen molar-refractivity contribution in [1.29, 1.82) is 5.26 Å². The second-order valence-corrected chi connectivity index (χ2v) is 8.73. The van der Waals surface area contributed by atoms with E-state index in [2.05, 4.69) is 59.9 Å². The Kier molecular flexibility index (Phi) is 6.74. The third-order valence-corrected chi connectivity index (χ3v) is 6.69. The molecule has 1 aliphatic rings. The van der Waals surface area contributed by atoms with E-state index in [4.69, 9.17) is 5.73 Å². The zero-order valence-electron chi connectivity index (χ0n) is 18.3. The molecule has 3 aromatic rings. The maximum Gasteiger partial charge on any atom is 0.121 e. The molecule has 1 heterocycles. The summed E-state index contributed by atoms with van der Waals surface area (Å²) in [4.78, 5) is 0. The highest BCUT2D eigenvalue weighted by Crippen LogP contribution is 2.31. The van der Waals surface area contributed by atoms with Crippen molar-refractivity contribution in [3.8, 4) is 17.2 Å². The number of hydrogen-bond donors (Lipinski definition) is 2. The molecule has 1 fully saturated rings. The maximum absolute atomic E-state index is 9.32. The van der Waals surface area contributed by atoms with E-state index in [1.54, 1.807) is 0 Å². The first-order valence-corrected chi connectivity index (χ1v) is 11.4. The number of hydrogen-bond acceptors (Lipinski definition) is 3. The summed E-state index contributed by atoms with van der Waals surface area (Å²) in [6.45, 7) is 0.571. The zero-order chi connectivity index (χ0) is 21.6. The Bertz CT molecular complexity index is 1040. The molecule has 0 amide bonds. The highest BCUT2D eigenvalue weighted by molar-refractivity contribution is 5.64. The largest absolute Gasteiger partial charge is 0.368 e. The topological polar surface area (TPSA) is 66.8 Å². The molecule has 1 aliphatic carbocycles. The smallest absolute Gasteiger partial charge is 0.121 e. The second-order valence-electron chi connectivity index (χ2n) is 8.73. The van der Waals surface area contributed by atoms with E-state index in [0.29, 0.717) is 24.2 Å². The summed E-state index contributed by atoms with van der Waals surface area (Å²) in [5.74, 6) is 1.68. The van der Waals surface area contributed by atoms with E-state index in [1.807, 2.05) is 23.7 Å². The lowest BCUT2D eigenvalue weighted by atomic mass is 9.81. The van der Waals surface area contributed by atoms with Gasteiger partial charge in [-0.15, -0.1) is 0 Å². The minimum atomic E-state index is 0.357. The fourth-order valence-electron chi connectivity index (χ4n) is 4.80. The van der Waals surface area contributed by atoms with Crippen molar-refractivity contribution in [3.05, 3.63) is 77.5 Å². The van der Waals surface area contributed by atoms with Crippen molar-refractivity contribution in [1.82, 2.24) is 4.57 Å². The van der Waals surface area contributed by atoms with Crippen molar-refractivity contribution in [3.63, 3.8) is 0 Å². The first-order valence-electron chi connectivity index (χ1n) is 11.4. The van der Waals surface area contributed by atoms with Gasteiger partial charge >= 0.3 is 0 Å². The Morgan fingerprint density at radius 2 is 1.77 bits per heavy atom. The van der Waals surface area contributed by atoms with Gasteiger partial charge in [0.1, 0.15) is 17.6 Å². The van der Waals surface area contributed by atoms with Gasteiger partial charge in [0.05, 0.1) is 0 Å². The fraction of sp³-hybridized carbons (Fsp3) is 0.370. The molecule has 0 spiro atoms. The van der Waals surface area contributed by atoms with E-state index in [0.717, 1.165) is 17.8 Å². The van der Waals surface area contributed by atoms with Crippen LogP contribution in [0.3, 0.4) is 0 Å². The molecule has 3 N–H and O–H groups in total. The number of nitrogens with zero attached hydrogens (tertiary/aromatic N) is 2. The Labute approximate surface area is 185 Å². The van der Waals surface area contributed by atoms with Crippen LogP contribution in [0.5, 0.6) is 0 Å². The number of nitrogens with one attached hydrogen (secondary N) is 1. The average Bonchev–Trinajstić information content (AvgIpc) is 3.18. The molecule has 4 heteroatoms. The predicted octanol–water partition coefficient (Wildman–Crippen LogP) is 5.63. The average molecular weight is 413 g/mol. The molecule has 0 bridgehead atoms. The molecule has 0 radical (unpaired) electrons. The van der Waals surface area contributed by atoms with E-state index < -0.39 is 0 Å². The van der Waals surface area contributed by atoms with Gasteiger partial charge in [-0.1, -0.05) is 67.8 Å². The van der Waals surface area contributed by atoms with Gasteiger partial charge < -0.3 is 15.6 Å². The number of rotatable bonds is 7. The minimum Gasteiger partial charge on any atom is -0.368 e. The van der Waals surface area contributed by atoms with Gasteiger partial charge in [-0.05, 0) is 59.6 Å². The predicted molar refractivity (Wildman–Crippen MR) is 128 cm³/mol. The highest BCUT2D eigenvalue weighted by atomic mass is 15.1. The van der Waals surface area contributed by atoms with Crippen molar-refractivity contribution in [2.24, 2.45) is 18.7 Å². The normalized spacial score (nSPS) is 15.4. The van der Waals surface area contributed by atoms with Crippen LogP contribution in [0.25, 0.3) is 11.1 Å². The summed E-state index contributed by atoms with van der Waals surface area (Å²) in [6.07, 6.45) is 7.49. The van der Waals surface area contributed by atoms with Crippen LogP contribution in [0.1, 0.15) is 48.9 Å². The molecular formula is C27H32N4. The van der Waals surface area contributed by atoms with Gasteiger partial charge in [-0.25, -0.2) is 0 Å². The minimum absolute atomic E-state index is 0.357. The third kappa shape index (κ3) is 5.00. The Balaban J connectivity index is 1.57. The number of nitriles is 1. The van der Waals surface area contributed by atoms with Gasteiger partial charge in [-0.3, -0.25) is 0 Å². The third-order valence-electron chi connectivity index (χ3n) is 6.69. The van der Waals surface area contributed by atoms with Crippen LogP contribution in [0.2, 0.25) is 0 Å². The summed E-state index contributed by atoms with van der Waals surface area (Å²) >= 11 is 0. The molecule has 1 atom stereocenters. The van der Waals surface area contributed by atoms with Crippen molar-refractivity contribution in [2.75, 3.05) is 5.32 Å². The summed E-state index contributed by atoms with van der Waals surface area (Å²) < 4.78 is 1.96. The van der Waals surface area contributed by atoms with E-state index in [1.165, 1.54) is 48.8 Å².